The molecular weight excluding hydrogens is 288 g/mol. The van der Waals surface area contributed by atoms with E-state index in [0.717, 1.165) is 54.6 Å². The maximum absolute atomic E-state index is 6.53. The van der Waals surface area contributed by atoms with Crippen LogP contribution in [0.2, 0.25) is 5.02 Å². The van der Waals surface area contributed by atoms with Crippen molar-refractivity contribution in [2.45, 2.75) is 26.3 Å². The van der Waals surface area contributed by atoms with Crippen molar-refractivity contribution < 1.29 is 9.47 Å². The fourth-order valence-corrected chi connectivity index (χ4v) is 3.15. The zero-order valence-corrected chi connectivity index (χ0v) is 14.1. The van der Waals surface area contributed by atoms with Crippen molar-refractivity contribution in [3.05, 3.63) is 22.2 Å². The molecule has 1 aliphatic rings. The zero-order chi connectivity index (χ0) is 15.4. The maximum atomic E-state index is 6.53. The molecule has 1 aromatic rings. The molecule has 1 saturated heterocycles. The number of nitrogens with zero attached hydrogens (tertiary/aromatic N) is 1. The molecule has 0 spiro atoms. The van der Waals surface area contributed by atoms with E-state index in [-0.39, 0.29) is 0 Å². The van der Waals surface area contributed by atoms with Crippen molar-refractivity contribution >= 4 is 11.6 Å². The topological polar surface area (TPSA) is 33.7 Å². The standard InChI is InChI=1S/C16H25ClN2O2/c1-11(2)15-12(10-19-7-5-18-6-8-19)13(17)9-14(20-3)16(15)21-4/h9,11,18H,5-8,10H2,1-4H3. The summed E-state index contributed by atoms with van der Waals surface area (Å²) in [5, 5.41) is 4.13. The van der Waals surface area contributed by atoms with Gasteiger partial charge in [0.1, 0.15) is 0 Å². The van der Waals surface area contributed by atoms with Gasteiger partial charge in [0, 0.05) is 49.4 Å². The molecule has 5 heteroatoms. The summed E-state index contributed by atoms with van der Waals surface area (Å²) < 4.78 is 11.0. The first-order valence-electron chi connectivity index (χ1n) is 7.44. The van der Waals surface area contributed by atoms with Crippen LogP contribution in [-0.4, -0.2) is 45.3 Å². The number of halogens is 1. The molecule has 118 valence electrons. The summed E-state index contributed by atoms with van der Waals surface area (Å²) in [7, 11) is 3.33. The molecule has 1 aromatic carbocycles. The average Bonchev–Trinajstić information content (AvgIpc) is 2.49. The molecule has 4 nitrogen and oxygen atoms in total. The van der Waals surface area contributed by atoms with Gasteiger partial charge in [-0.25, -0.2) is 0 Å². The van der Waals surface area contributed by atoms with E-state index in [9.17, 15) is 0 Å². The molecule has 1 aliphatic heterocycles. The number of benzene rings is 1. The Bertz CT molecular complexity index is 486. The van der Waals surface area contributed by atoms with E-state index in [1.165, 1.54) is 0 Å². The van der Waals surface area contributed by atoms with Gasteiger partial charge in [0.2, 0.25) is 0 Å². The normalized spacial score (nSPS) is 16.3. The smallest absolute Gasteiger partial charge is 0.164 e. The lowest BCUT2D eigenvalue weighted by atomic mass is 9.94. The third kappa shape index (κ3) is 3.62. The van der Waals surface area contributed by atoms with Crippen molar-refractivity contribution in [2.75, 3.05) is 40.4 Å². The van der Waals surface area contributed by atoms with Gasteiger partial charge < -0.3 is 14.8 Å². The minimum absolute atomic E-state index is 0.325. The van der Waals surface area contributed by atoms with Crippen LogP contribution in [0.5, 0.6) is 11.5 Å². The molecule has 0 atom stereocenters. The molecular formula is C16H25ClN2O2. The van der Waals surface area contributed by atoms with Crippen molar-refractivity contribution in [1.82, 2.24) is 10.2 Å². The summed E-state index contributed by atoms with van der Waals surface area (Å²) in [6, 6.07) is 1.86. The Morgan fingerprint density at radius 1 is 1.24 bits per heavy atom. The van der Waals surface area contributed by atoms with E-state index in [2.05, 4.69) is 24.1 Å². The Balaban J connectivity index is 2.42. The number of rotatable bonds is 5. The quantitative estimate of drug-likeness (QED) is 0.906. The second kappa shape index (κ2) is 7.34. The highest BCUT2D eigenvalue weighted by atomic mass is 35.5. The van der Waals surface area contributed by atoms with Gasteiger partial charge in [-0.1, -0.05) is 25.4 Å². The van der Waals surface area contributed by atoms with E-state index in [4.69, 9.17) is 21.1 Å². The van der Waals surface area contributed by atoms with Crippen molar-refractivity contribution in [1.29, 1.82) is 0 Å². The Hall–Kier alpha value is -0.970. The second-order valence-corrected chi connectivity index (χ2v) is 6.07. The molecule has 0 aromatic heterocycles. The second-order valence-electron chi connectivity index (χ2n) is 5.67. The predicted octanol–water partition coefficient (Wildman–Crippen LogP) is 2.89. The summed E-state index contributed by atoms with van der Waals surface area (Å²) in [5.41, 5.74) is 2.31. The van der Waals surface area contributed by atoms with Gasteiger partial charge in [-0.2, -0.15) is 0 Å². The average molecular weight is 313 g/mol. The number of piperazine rings is 1. The Labute approximate surface area is 132 Å². The first kappa shape index (κ1) is 16.4. The van der Waals surface area contributed by atoms with Crippen LogP contribution in [0.4, 0.5) is 0 Å². The van der Waals surface area contributed by atoms with Gasteiger partial charge in [-0.3, -0.25) is 4.90 Å². The van der Waals surface area contributed by atoms with Crippen molar-refractivity contribution in [2.24, 2.45) is 0 Å². The van der Waals surface area contributed by atoms with Gasteiger partial charge in [-0.05, 0) is 11.5 Å². The molecule has 2 rings (SSSR count). The molecule has 0 radical (unpaired) electrons. The number of ether oxygens (including phenoxy) is 2. The van der Waals surface area contributed by atoms with Gasteiger partial charge in [-0.15, -0.1) is 0 Å². The van der Waals surface area contributed by atoms with Crippen molar-refractivity contribution in [3.63, 3.8) is 0 Å². The SMILES string of the molecule is COc1cc(Cl)c(CN2CCNCC2)c(C(C)C)c1OC. The summed E-state index contributed by atoms with van der Waals surface area (Å²) in [6.07, 6.45) is 0. The van der Waals surface area contributed by atoms with E-state index in [1.807, 2.05) is 6.07 Å². The Morgan fingerprint density at radius 2 is 1.90 bits per heavy atom. The first-order chi connectivity index (χ1) is 10.1. The monoisotopic (exact) mass is 312 g/mol. The molecule has 1 fully saturated rings. The third-order valence-electron chi connectivity index (χ3n) is 3.93. The van der Waals surface area contributed by atoms with E-state index in [0.29, 0.717) is 11.7 Å². The highest BCUT2D eigenvalue weighted by molar-refractivity contribution is 6.31. The molecule has 1 N–H and O–H groups in total. The molecule has 0 amide bonds. The van der Waals surface area contributed by atoms with Gasteiger partial charge in [0.05, 0.1) is 14.2 Å². The van der Waals surface area contributed by atoms with Crippen LogP contribution in [0.3, 0.4) is 0 Å². The number of hydrogen-bond acceptors (Lipinski definition) is 4. The first-order valence-corrected chi connectivity index (χ1v) is 7.82. The van der Waals surface area contributed by atoms with E-state index >= 15 is 0 Å². The van der Waals surface area contributed by atoms with Crippen LogP contribution in [-0.2, 0) is 6.54 Å². The van der Waals surface area contributed by atoms with Crippen LogP contribution in [0.15, 0.2) is 6.07 Å². The third-order valence-corrected chi connectivity index (χ3v) is 4.27. The lowest BCUT2D eigenvalue weighted by molar-refractivity contribution is 0.232. The summed E-state index contributed by atoms with van der Waals surface area (Å²) in [6.45, 7) is 9.33. The summed E-state index contributed by atoms with van der Waals surface area (Å²) in [4.78, 5) is 2.43. The fraction of sp³-hybridized carbons (Fsp3) is 0.625. The van der Waals surface area contributed by atoms with Crippen LogP contribution in [0, 0.1) is 0 Å². The molecule has 0 aliphatic carbocycles. The van der Waals surface area contributed by atoms with Crippen LogP contribution in [0.1, 0.15) is 30.9 Å². The van der Waals surface area contributed by atoms with Crippen LogP contribution in [0.25, 0.3) is 0 Å². The van der Waals surface area contributed by atoms with E-state index < -0.39 is 0 Å². The lowest BCUT2D eigenvalue weighted by Gasteiger charge is -2.30. The summed E-state index contributed by atoms with van der Waals surface area (Å²) >= 11 is 6.53. The Morgan fingerprint density at radius 3 is 2.43 bits per heavy atom. The van der Waals surface area contributed by atoms with Gasteiger partial charge in [0.25, 0.3) is 0 Å². The largest absolute Gasteiger partial charge is 0.493 e. The highest BCUT2D eigenvalue weighted by Gasteiger charge is 2.23. The maximum Gasteiger partial charge on any atom is 0.164 e. The van der Waals surface area contributed by atoms with Crippen LogP contribution < -0.4 is 14.8 Å². The number of hydrogen-bond donors (Lipinski definition) is 1. The lowest BCUT2D eigenvalue weighted by Crippen LogP contribution is -2.43. The Kier molecular flexibility index (Phi) is 5.73. The highest BCUT2D eigenvalue weighted by Crippen LogP contribution is 2.42. The minimum atomic E-state index is 0.325. The minimum Gasteiger partial charge on any atom is -0.493 e. The van der Waals surface area contributed by atoms with Gasteiger partial charge in [0.15, 0.2) is 11.5 Å². The van der Waals surface area contributed by atoms with E-state index in [1.54, 1.807) is 14.2 Å². The summed E-state index contributed by atoms with van der Waals surface area (Å²) in [5.74, 6) is 1.84. The van der Waals surface area contributed by atoms with Crippen molar-refractivity contribution in [3.8, 4) is 11.5 Å². The number of methoxy groups -OCH3 is 2. The molecule has 1 heterocycles. The molecule has 0 saturated carbocycles. The van der Waals surface area contributed by atoms with Gasteiger partial charge >= 0.3 is 0 Å². The van der Waals surface area contributed by atoms with Crippen LogP contribution >= 0.6 is 11.6 Å². The molecule has 0 bridgehead atoms. The zero-order valence-electron chi connectivity index (χ0n) is 13.3. The predicted molar refractivity (Wildman–Crippen MR) is 86.8 cm³/mol. The number of nitrogens with one attached hydrogen (secondary N) is 1. The molecule has 21 heavy (non-hydrogen) atoms. The molecule has 0 unspecified atom stereocenters. The fourth-order valence-electron chi connectivity index (χ4n) is 2.89.